The third-order valence-corrected chi connectivity index (χ3v) is 2.89. The van der Waals surface area contributed by atoms with Crippen LogP contribution in [0.3, 0.4) is 0 Å². The number of rotatable bonds is 2. The summed E-state index contributed by atoms with van der Waals surface area (Å²) < 4.78 is 0. The maximum atomic E-state index is 8.83. The Morgan fingerprint density at radius 1 is 1.17 bits per heavy atom. The van der Waals surface area contributed by atoms with Crippen LogP contribution in [0.25, 0.3) is 11.1 Å². The predicted octanol–water partition coefficient (Wildman–Crippen LogP) is 3.70. The van der Waals surface area contributed by atoms with E-state index in [0.717, 1.165) is 16.7 Å². The van der Waals surface area contributed by atoms with Crippen LogP contribution >= 0.6 is 23.2 Å². The minimum atomic E-state index is 0.256. The number of nitrogens with two attached hydrogens (primary N) is 1. The van der Waals surface area contributed by atoms with Gasteiger partial charge in [0.25, 0.3) is 0 Å². The average Bonchev–Trinajstić information content (AvgIpc) is 2.28. The molecule has 0 aliphatic heterocycles. The number of nitrogen functional groups attached to an aromatic ring is 1. The van der Waals surface area contributed by atoms with Crippen LogP contribution in [0.15, 0.2) is 30.5 Å². The number of nitrogens with zero attached hydrogens (tertiary/aromatic N) is 2. The average molecular weight is 278 g/mol. The van der Waals surface area contributed by atoms with E-state index in [2.05, 4.69) is 11.1 Å². The molecule has 1 heterocycles. The Labute approximate surface area is 115 Å². The van der Waals surface area contributed by atoms with Gasteiger partial charge in [-0.05, 0) is 35.4 Å². The van der Waals surface area contributed by atoms with Crippen LogP contribution in [0.4, 0.5) is 5.82 Å². The zero-order valence-corrected chi connectivity index (χ0v) is 10.8. The molecule has 2 aromatic rings. The fourth-order valence-corrected chi connectivity index (χ4v) is 2.24. The van der Waals surface area contributed by atoms with Crippen LogP contribution in [0.1, 0.15) is 5.56 Å². The lowest BCUT2D eigenvalue weighted by molar-refractivity contribution is 1.22. The molecule has 0 spiro atoms. The standard InChI is InChI=1S/C13H9Cl2N3/c14-10-3-9(4-11(15)6-10)12-7-18-13(17)5-8(12)1-2-16/h3-7H,1H2,(H2,17,18). The highest BCUT2D eigenvalue weighted by molar-refractivity contribution is 6.35. The van der Waals surface area contributed by atoms with E-state index in [0.29, 0.717) is 15.9 Å². The molecule has 2 rings (SSSR count). The lowest BCUT2D eigenvalue weighted by Crippen LogP contribution is -1.96. The van der Waals surface area contributed by atoms with Crippen LogP contribution in [0.5, 0.6) is 0 Å². The SMILES string of the molecule is N#CCc1cc(N)ncc1-c1cc(Cl)cc(Cl)c1. The quantitative estimate of drug-likeness (QED) is 0.910. The molecule has 0 saturated carbocycles. The van der Waals surface area contributed by atoms with Gasteiger partial charge >= 0.3 is 0 Å². The summed E-state index contributed by atoms with van der Waals surface area (Å²) in [6, 6.07) is 9.00. The van der Waals surface area contributed by atoms with E-state index in [1.54, 1.807) is 30.5 Å². The minimum Gasteiger partial charge on any atom is -0.384 e. The highest BCUT2D eigenvalue weighted by Gasteiger charge is 2.08. The molecule has 0 saturated heterocycles. The second-order valence-corrected chi connectivity index (χ2v) is 4.63. The largest absolute Gasteiger partial charge is 0.384 e. The molecule has 0 unspecified atom stereocenters. The van der Waals surface area contributed by atoms with E-state index in [1.807, 2.05) is 0 Å². The van der Waals surface area contributed by atoms with Gasteiger partial charge in [-0.25, -0.2) is 4.98 Å². The predicted molar refractivity (Wildman–Crippen MR) is 73.4 cm³/mol. The van der Waals surface area contributed by atoms with Crippen molar-refractivity contribution in [3.8, 4) is 17.2 Å². The Morgan fingerprint density at radius 2 is 1.83 bits per heavy atom. The molecule has 1 aromatic heterocycles. The number of pyridine rings is 1. The van der Waals surface area contributed by atoms with E-state index in [4.69, 9.17) is 34.2 Å². The van der Waals surface area contributed by atoms with Gasteiger partial charge in [-0.15, -0.1) is 0 Å². The monoisotopic (exact) mass is 277 g/mol. The minimum absolute atomic E-state index is 0.256. The van der Waals surface area contributed by atoms with Crippen molar-refractivity contribution in [2.24, 2.45) is 0 Å². The van der Waals surface area contributed by atoms with Gasteiger partial charge in [-0.3, -0.25) is 0 Å². The van der Waals surface area contributed by atoms with Crippen molar-refractivity contribution < 1.29 is 0 Å². The fraction of sp³-hybridized carbons (Fsp3) is 0.0769. The summed E-state index contributed by atoms with van der Waals surface area (Å²) in [4.78, 5) is 4.04. The van der Waals surface area contributed by atoms with Crippen LogP contribution in [-0.2, 0) is 6.42 Å². The van der Waals surface area contributed by atoms with Crippen LogP contribution in [0.2, 0.25) is 10.0 Å². The Balaban J connectivity index is 2.59. The molecule has 5 heteroatoms. The van der Waals surface area contributed by atoms with Crippen molar-refractivity contribution in [1.82, 2.24) is 4.98 Å². The number of hydrogen-bond donors (Lipinski definition) is 1. The summed E-state index contributed by atoms with van der Waals surface area (Å²) in [7, 11) is 0. The molecular formula is C13H9Cl2N3. The molecule has 0 aliphatic rings. The Kier molecular flexibility index (Phi) is 3.71. The molecule has 90 valence electrons. The Bertz CT molecular complexity index is 612. The molecule has 1 aromatic carbocycles. The van der Waals surface area contributed by atoms with Gasteiger partial charge in [0.05, 0.1) is 12.5 Å². The third-order valence-electron chi connectivity index (χ3n) is 2.45. The van der Waals surface area contributed by atoms with Gasteiger partial charge in [0.1, 0.15) is 5.82 Å². The van der Waals surface area contributed by atoms with Gasteiger partial charge < -0.3 is 5.73 Å². The number of aromatic nitrogens is 1. The molecular weight excluding hydrogens is 269 g/mol. The number of hydrogen-bond acceptors (Lipinski definition) is 3. The molecule has 0 atom stereocenters. The Morgan fingerprint density at radius 3 is 2.44 bits per heavy atom. The first-order chi connectivity index (χ1) is 8.60. The lowest BCUT2D eigenvalue weighted by atomic mass is 10.0. The highest BCUT2D eigenvalue weighted by atomic mass is 35.5. The summed E-state index contributed by atoms with van der Waals surface area (Å²) >= 11 is 11.9. The third kappa shape index (κ3) is 2.73. The summed E-state index contributed by atoms with van der Waals surface area (Å²) in [6.45, 7) is 0. The van der Waals surface area contributed by atoms with Crippen LogP contribution in [-0.4, -0.2) is 4.98 Å². The number of halogens is 2. The van der Waals surface area contributed by atoms with Crippen molar-refractivity contribution in [3.63, 3.8) is 0 Å². The summed E-state index contributed by atoms with van der Waals surface area (Å²) in [5.41, 5.74) is 8.07. The van der Waals surface area contributed by atoms with Crippen molar-refractivity contribution in [1.29, 1.82) is 5.26 Å². The lowest BCUT2D eigenvalue weighted by Gasteiger charge is -2.08. The van der Waals surface area contributed by atoms with Crippen molar-refractivity contribution >= 4 is 29.0 Å². The van der Waals surface area contributed by atoms with E-state index in [-0.39, 0.29) is 6.42 Å². The maximum Gasteiger partial charge on any atom is 0.123 e. The zero-order valence-electron chi connectivity index (χ0n) is 9.32. The number of anilines is 1. The molecule has 0 bridgehead atoms. The fourth-order valence-electron chi connectivity index (χ4n) is 1.72. The molecule has 3 nitrogen and oxygen atoms in total. The first-order valence-corrected chi connectivity index (χ1v) is 5.93. The normalized spacial score (nSPS) is 10.1. The summed E-state index contributed by atoms with van der Waals surface area (Å²) in [6.07, 6.45) is 1.89. The Hall–Kier alpha value is -1.76. The van der Waals surface area contributed by atoms with Gasteiger partial charge in [-0.1, -0.05) is 23.2 Å². The van der Waals surface area contributed by atoms with Crippen LogP contribution < -0.4 is 5.73 Å². The molecule has 0 aliphatic carbocycles. The highest BCUT2D eigenvalue weighted by Crippen LogP contribution is 2.30. The first-order valence-electron chi connectivity index (χ1n) is 5.18. The smallest absolute Gasteiger partial charge is 0.123 e. The number of nitriles is 1. The maximum absolute atomic E-state index is 8.83. The molecule has 18 heavy (non-hydrogen) atoms. The summed E-state index contributed by atoms with van der Waals surface area (Å²) in [5.74, 6) is 0.386. The summed E-state index contributed by atoms with van der Waals surface area (Å²) in [5, 5.41) is 9.91. The second kappa shape index (κ2) is 5.26. The van der Waals surface area contributed by atoms with Gasteiger partial charge in [0.2, 0.25) is 0 Å². The molecule has 0 amide bonds. The van der Waals surface area contributed by atoms with Crippen LogP contribution in [0, 0.1) is 11.3 Å². The first kappa shape index (κ1) is 12.7. The van der Waals surface area contributed by atoms with Gasteiger partial charge in [0, 0.05) is 21.8 Å². The molecule has 0 radical (unpaired) electrons. The van der Waals surface area contributed by atoms with Gasteiger partial charge in [0.15, 0.2) is 0 Å². The van der Waals surface area contributed by atoms with E-state index >= 15 is 0 Å². The zero-order chi connectivity index (χ0) is 13.1. The van der Waals surface area contributed by atoms with Gasteiger partial charge in [-0.2, -0.15) is 5.26 Å². The topological polar surface area (TPSA) is 62.7 Å². The van der Waals surface area contributed by atoms with Crippen molar-refractivity contribution in [3.05, 3.63) is 46.1 Å². The molecule has 0 fully saturated rings. The van der Waals surface area contributed by atoms with Crippen molar-refractivity contribution in [2.75, 3.05) is 5.73 Å². The second-order valence-electron chi connectivity index (χ2n) is 3.76. The number of benzene rings is 1. The van der Waals surface area contributed by atoms with E-state index in [1.165, 1.54) is 0 Å². The van der Waals surface area contributed by atoms with E-state index < -0.39 is 0 Å². The van der Waals surface area contributed by atoms with E-state index in [9.17, 15) is 0 Å². The molecule has 2 N–H and O–H groups in total. The van der Waals surface area contributed by atoms with Crippen molar-refractivity contribution in [2.45, 2.75) is 6.42 Å².